The number of thioether (sulfide) groups is 1. The molecule has 1 aliphatic heterocycles. The topological polar surface area (TPSA) is 89.8 Å². The number of nitro benzene ring substituents is 1. The van der Waals surface area contributed by atoms with Crippen molar-refractivity contribution < 1.29 is 19.2 Å². The Bertz CT molecular complexity index is 970. The van der Waals surface area contributed by atoms with E-state index in [1.165, 1.54) is 30.2 Å². The molecular formula is C19H16N2O5S. The number of methoxy groups -OCH3 is 1. The van der Waals surface area contributed by atoms with Gasteiger partial charge in [0.05, 0.1) is 23.5 Å². The van der Waals surface area contributed by atoms with Crippen LogP contribution in [0.1, 0.15) is 16.7 Å². The molecular weight excluding hydrogens is 368 g/mol. The van der Waals surface area contributed by atoms with Crippen LogP contribution in [0.4, 0.5) is 10.5 Å². The molecule has 2 amide bonds. The summed E-state index contributed by atoms with van der Waals surface area (Å²) in [7, 11) is 1.35. The Morgan fingerprint density at radius 1 is 1.22 bits per heavy atom. The predicted molar refractivity (Wildman–Crippen MR) is 102 cm³/mol. The third kappa shape index (κ3) is 3.85. The number of rotatable bonds is 5. The lowest BCUT2D eigenvalue weighted by atomic mass is 10.1. The minimum absolute atomic E-state index is 0.129. The fraction of sp³-hybridized carbons (Fsp3) is 0.158. The number of hydrogen-bond acceptors (Lipinski definition) is 6. The average molecular weight is 384 g/mol. The molecule has 1 fully saturated rings. The quantitative estimate of drug-likeness (QED) is 0.437. The molecule has 0 saturated carbocycles. The van der Waals surface area contributed by atoms with Gasteiger partial charge in [-0.25, -0.2) is 0 Å². The molecule has 8 heteroatoms. The molecule has 2 aromatic carbocycles. The van der Waals surface area contributed by atoms with E-state index in [1.807, 2.05) is 31.2 Å². The minimum Gasteiger partial charge on any atom is -0.490 e. The molecule has 2 aromatic rings. The van der Waals surface area contributed by atoms with Crippen LogP contribution in [-0.4, -0.2) is 28.1 Å². The monoisotopic (exact) mass is 384 g/mol. The molecule has 1 saturated heterocycles. The highest BCUT2D eigenvalue weighted by Gasteiger charge is 2.35. The Balaban J connectivity index is 1.87. The smallest absolute Gasteiger partial charge is 0.311 e. The van der Waals surface area contributed by atoms with Crippen molar-refractivity contribution >= 4 is 34.7 Å². The van der Waals surface area contributed by atoms with E-state index in [0.29, 0.717) is 5.56 Å². The summed E-state index contributed by atoms with van der Waals surface area (Å²) >= 11 is 0.823. The summed E-state index contributed by atoms with van der Waals surface area (Å²) in [4.78, 5) is 36.9. The van der Waals surface area contributed by atoms with Crippen molar-refractivity contribution in [3.8, 4) is 5.75 Å². The van der Waals surface area contributed by atoms with Gasteiger partial charge in [0.15, 0.2) is 5.75 Å². The number of hydrogen-bond donors (Lipinski definition) is 0. The first-order valence-electron chi connectivity index (χ1n) is 8.03. The second kappa shape index (κ2) is 7.63. The summed E-state index contributed by atoms with van der Waals surface area (Å²) in [5, 5.41) is 10.8. The third-order valence-corrected chi connectivity index (χ3v) is 5.07. The van der Waals surface area contributed by atoms with E-state index in [-0.39, 0.29) is 28.1 Å². The van der Waals surface area contributed by atoms with Gasteiger partial charge in [-0.1, -0.05) is 30.3 Å². The van der Waals surface area contributed by atoms with Crippen molar-refractivity contribution in [2.45, 2.75) is 13.5 Å². The number of nitro groups is 1. The fourth-order valence-corrected chi connectivity index (χ4v) is 3.52. The number of carbonyl (C=O) groups excluding carboxylic acids is 2. The number of benzene rings is 2. The van der Waals surface area contributed by atoms with Crippen LogP contribution in [0.15, 0.2) is 47.4 Å². The van der Waals surface area contributed by atoms with Crippen LogP contribution in [0.2, 0.25) is 0 Å². The van der Waals surface area contributed by atoms with Crippen LogP contribution < -0.4 is 4.74 Å². The van der Waals surface area contributed by atoms with Crippen LogP contribution in [-0.2, 0) is 11.3 Å². The van der Waals surface area contributed by atoms with E-state index in [2.05, 4.69) is 0 Å². The highest BCUT2D eigenvalue weighted by molar-refractivity contribution is 8.18. The number of ether oxygens (including phenoxy) is 1. The minimum atomic E-state index is -0.555. The van der Waals surface area contributed by atoms with Crippen LogP contribution in [0.5, 0.6) is 5.75 Å². The molecule has 0 aliphatic carbocycles. The zero-order chi connectivity index (χ0) is 19.6. The first kappa shape index (κ1) is 18.7. The zero-order valence-corrected chi connectivity index (χ0v) is 15.5. The number of carbonyl (C=O) groups is 2. The number of aryl methyl sites for hydroxylation is 1. The summed E-state index contributed by atoms with van der Waals surface area (Å²) in [6.45, 7) is 2.11. The molecule has 27 heavy (non-hydrogen) atoms. The van der Waals surface area contributed by atoms with E-state index in [0.717, 1.165) is 22.9 Å². The Labute approximate surface area is 159 Å². The van der Waals surface area contributed by atoms with Gasteiger partial charge in [-0.15, -0.1) is 0 Å². The van der Waals surface area contributed by atoms with Gasteiger partial charge in [0, 0.05) is 6.07 Å². The van der Waals surface area contributed by atoms with E-state index < -0.39 is 10.8 Å². The van der Waals surface area contributed by atoms with Gasteiger partial charge < -0.3 is 4.74 Å². The summed E-state index contributed by atoms with van der Waals surface area (Å²) in [5.41, 5.74) is 2.13. The summed E-state index contributed by atoms with van der Waals surface area (Å²) in [6, 6.07) is 11.9. The molecule has 0 aromatic heterocycles. The van der Waals surface area contributed by atoms with Crippen molar-refractivity contribution in [3.63, 3.8) is 0 Å². The summed E-state index contributed by atoms with van der Waals surface area (Å²) in [5.74, 6) is -0.281. The van der Waals surface area contributed by atoms with Gasteiger partial charge in [-0.2, -0.15) is 0 Å². The van der Waals surface area contributed by atoms with Crippen LogP contribution in [0, 0.1) is 17.0 Å². The SMILES string of the molecule is COc1ccc(/C=C2\SC(=O)N(Cc3ccccc3C)C2=O)cc1[N+](=O)[O-]. The Morgan fingerprint density at radius 2 is 1.96 bits per heavy atom. The van der Waals surface area contributed by atoms with Crippen molar-refractivity contribution in [2.75, 3.05) is 7.11 Å². The van der Waals surface area contributed by atoms with Crippen LogP contribution in [0.25, 0.3) is 6.08 Å². The Hall–Kier alpha value is -3.13. The second-order valence-corrected chi connectivity index (χ2v) is 6.88. The summed E-state index contributed by atoms with van der Waals surface area (Å²) < 4.78 is 4.97. The van der Waals surface area contributed by atoms with Crippen LogP contribution >= 0.6 is 11.8 Å². The molecule has 0 unspecified atom stereocenters. The molecule has 1 heterocycles. The molecule has 1 aliphatic rings. The normalized spacial score (nSPS) is 15.5. The van der Waals surface area contributed by atoms with E-state index in [1.54, 1.807) is 6.07 Å². The number of nitrogens with zero attached hydrogens (tertiary/aromatic N) is 2. The number of amides is 2. The largest absolute Gasteiger partial charge is 0.490 e. The van der Waals surface area contributed by atoms with Crippen molar-refractivity contribution in [3.05, 3.63) is 74.2 Å². The lowest BCUT2D eigenvalue weighted by Gasteiger charge is -2.14. The maximum Gasteiger partial charge on any atom is 0.311 e. The maximum atomic E-state index is 12.6. The van der Waals surface area contributed by atoms with E-state index >= 15 is 0 Å². The van der Waals surface area contributed by atoms with Crippen molar-refractivity contribution in [1.29, 1.82) is 0 Å². The summed E-state index contributed by atoms with van der Waals surface area (Å²) in [6.07, 6.45) is 1.48. The molecule has 0 radical (unpaired) electrons. The Kier molecular flexibility index (Phi) is 5.27. The third-order valence-electron chi connectivity index (χ3n) is 4.16. The molecule has 0 spiro atoms. The zero-order valence-electron chi connectivity index (χ0n) is 14.7. The molecule has 3 rings (SSSR count). The molecule has 7 nitrogen and oxygen atoms in total. The predicted octanol–water partition coefficient (Wildman–Crippen LogP) is 4.15. The average Bonchev–Trinajstić information content (AvgIpc) is 2.90. The standard InChI is InChI=1S/C19H16N2O5S/c1-12-5-3-4-6-14(12)11-20-18(22)17(27-19(20)23)10-13-7-8-16(26-2)15(9-13)21(24)25/h3-10H,11H2,1-2H3/b17-10-. The molecule has 138 valence electrons. The van der Waals surface area contributed by atoms with Crippen molar-refractivity contribution in [1.82, 2.24) is 4.90 Å². The lowest BCUT2D eigenvalue weighted by molar-refractivity contribution is -0.385. The van der Waals surface area contributed by atoms with E-state index in [4.69, 9.17) is 4.74 Å². The first-order valence-corrected chi connectivity index (χ1v) is 8.84. The van der Waals surface area contributed by atoms with Gasteiger partial charge in [0.2, 0.25) is 0 Å². The molecule has 0 atom stereocenters. The highest BCUT2D eigenvalue weighted by Crippen LogP contribution is 2.35. The Morgan fingerprint density at radius 3 is 2.63 bits per heavy atom. The molecule has 0 bridgehead atoms. The van der Waals surface area contributed by atoms with Gasteiger partial charge in [0.1, 0.15) is 0 Å². The second-order valence-electron chi connectivity index (χ2n) is 5.88. The van der Waals surface area contributed by atoms with Crippen molar-refractivity contribution in [2.24, 2.45) is 0 Å². The van der Waals surface area contributed by atoms with Crippen LogP contribution in [0.3, 0.4) is 0 Å². The highest BCUT2D eigenvalue weighted by atomic mass is 32.2. The molecule has 0 N–H and O–H groups in total. The van der Waals surface area contributed by atoms with E-state index in [9.17, 15) is 19.7 Å². The van der Waals surface area contributed by atoms with Gasteiger partial charge >= 0.3 is 5.69 Å². The van der Waals surface area contributed by atoms with Gasteiger partial charge in [-0.3, -0.25) is 24.6 Å². The van der Waals surface area contributed by atoms with Gasteiger partial charge in [-0.05, 0) is 47.5 Å². The fourth-order valence-electron chi connectivity index (χ4n) is 2.68. The van der Waals surface area contributed by atoms with Gasteiger partial charge in [0.25, 0.3) is 11.1 Å². The maximum absolute atomic E-state index is 12.6. The number of imide groups is 1. The lowest BCUT2D eigenvalue weighted by Crippen LogP contribution is -2.27. The first-order chi connectivity index (χ1) is 12.9.